The van der Waals surface area contributed by atoms with Gasteiger partial charge in [-0.15, -0.1) is 0 Å². The smallest absolute Gasteiger partial charge is 0.272 e. The van der Waals surface area contributed by atoms with Gasteiger partial charge in [0.2, 0.25) is 0 Å². The van der Waals surface area contributed by atoms with Crippen LogP contribution < -0.4 is 10.1 Å². The molecule has 4 nitrogen and oxygen atoms in total. The molecular weight excluding hydrogens is 309 g/mol. The van der Waals surface area contributed by atoms with Crippen LogP contribution in [0.2, 0.25) is 0 Å². The van der Waals surface area contributed by atoms with Gasteiger partial charge >= 0.3 is 0 Å². The van der Waals surface area contributed by atoms with Crippen molar-refractivity contribution in [1.82, 2.24) is 4.98 Å². The van der Waals surface area contributed by atoms with E-state index in [2.05, 4.69) is 10.3 Å². The molecule has 3 rings (SSSR count). The van der Waals surface area contributed by atoms with E-state index in [1.165, 1.54) is 7.11 Å². The van der Waals surface area contributed by atoms with E-state index in [4.69, 9.17) is 4.74 Å². The molecule has 0 fully saturated rings. The molecule has 0 spiro atoms. The number of ether oxygens (including phenoxy) is 1. The summed E-state index contributed by atoms with van der Waals surface area (Å²) < 4.78 is 44.7. The first-order chi connectivity index (χ1) is 11.0. The summed E-state index contributed by atoms with van der Waals surface area (Å²) >= 11 is 0. The molecule has 23 heavy (non-hydrogen) atoms. The molecule has 0 radical (unpaired) electrons. The van der Waals surface area contributed by atoms with Gasteiger partial charge in [-0.05, 0) is 36.4 Å². The lowest BCUT2D eigenvalue weighted by Gasteiger charge is -2.06. The van der Waals surface area contributed by atoms with Gasteiger partial charge in [0.25, 0.3) is 5.91 Å². The van der Waals surface area contributed by atoms with Crippen LogP contribution in [0.25, 0.3) is 10.9 Å². The number of hydrogen-bond acceptors (Lipinski definition) is 2. The van der Waals surface area contributed by atoms with Gasteiger partial charge in [-0.2, -0.15) is 0 Å². The second kappa shape index (κ2) is 5.68. The van der Waals surface area contributed by atoms with Crippen LogP contribution in [0.5, 0.6) is 5.75 Å². The zero-order chi connectivity index (χ0) is 16.6. The van der Waals surface area contributed by atoms with E-state index in [0.29, 0.717) is 11.3 Å². The highest BCUT2D eigenvalue weighted by Crippen LogP contribution is 2.23. The Morgan fingerprint density at radius 2 is 1.87 bits per heavy atom. The molecule has 0 unspecified atom stereocenters. The number of methoxy groups -OCH3 is 1. The fraction of sp³-hybridized carbons (Fsp3) is 0.0625. The summed E-state index contributed by atoms with van der Waals surface area (Å²) in [6.45, 7) is 0. The number of amides is 1. The SMILES string of the molecule is COc1ccc2[nH]c(C(=O)Nc3ccc(F)c(F)c3F)cc2c1. The number of benzene rings is 2. The third-order valence-electron chi connectivity index (χ3n) is 3.36. The first-order valence-corrected chi connectivity index (χ1v) is 6.61. The number of aromatic nitrogens is 1. The van der Waals surface area contributed by atoms with Crippen LogP contribution in [0.4, 0.5) is 18.9 Å². The van der Waals surface area contributed by atoms with Gasteiger partial charge in [-0.25, -0.2) is 13.2 Å². The van der Waals surface area contributed by atoms with Crippen LogP contribution in [-0.2, 0) is 0 Å². The van der Waals surface area contributed by atoms with Crippen molar-refractivity contribution in [3.05, 3.63) is 59.5 Å². The number of anilines is 1. The van der Waals surface area contributed by atoms with Crippen LogP contribution in [0, 0.1) is 17.5 Å². The molecular formula is C16H11F3N2O2. The molecule has 0 aliphatic rings. The summed E-state index contributed by atoms with van der Waals surface area (Å²) in [5, 5.41) is 2.92. The van der Waals surface area contributed by atoms with Crippen molar-refractivity contribution < 1.29 is 22.7 Å². The van der Waals surface area contributed by atoms with Gasteiger partial charge in [0.15, 0.2) is 17.5 Å². The van der Waals surface area contributed by atoms with Gasteiger partial charge in [0.05, 0.1) is 12.8 Å². The second-order valence-corrected chi connectivity index (χ2v) is 4.81. The molecule has 2 N–H and O–H groups in total. The van der Waals surface area contributed by atoms with E-state index in [-0.39, 0.29) is 5.69 Å². The van der Waals surface area contributed by atoms with Gasteiger partial charge in [-0.3, -0.25) is 4.79 Å². The van der Waals surface area contributed by atoms with E-state index in [1.807, 2.05) is 0 Å². The maximum Gasteiger partial charge on any atom is 0.272 e. The molecule has 1 amide bonds. The Kier molecular flexibility index (Phi) is 3.69. The Morgan fingerprint density at radius 1 is 1.09 bits per heavy atom. The number of nitrogens with one attached hydrogen (secondary N) is 2. The highest BCUT2D eigenvalue weighted by molar-refractivity contribution is 6.06. The Labute approximate surface area is 128 Å². The van der Waals surface area contributed by atoms with Crippen LogP contribution >= 0.6 is 0 Å². The molecule has 0 atom stereocenters. The average molecular weight is 320 g/mol. The fourth-order valence-corrected chi connectivity index (χ4v) is 2.17. The van der Waals surface area contributed by atoms with E-state index in [1.54, 1.807) is 24.3 Å². The average Bonchev–Trinajstić information content (AvgIpc) is 2.98. The number of carbonyl (C=O) groups excluding carboxylic acids is 1. The van der Waals surface area contributed by atoms with Crippen LogP contribution in [0.3, 0.4) is 0 Å². The lowest BCUT2D eigenvalue weighted by molar-refractivity contribution is 0.102. The van der Waals surface area contributed by atoms with Gasteiger partial charge in [-0.1, -0.05) is 0 Å². The Balaban J connectivity index is 1.90. The van der Waals surface area contributed by atoms with Crippen molar-refractivity contribution in [1.29, 1.82) is 0 Å². The van der Waals surface area contributed by atoms with Crippen molar-refractivity contribution in [2.75, 3.05) is 12.4 Å². The minimum Gasteiger partial charge on any atom is -0.497 e. The summed E-state index contributed by atoms with van der Waals surface area (Å²) in [5.74, 6) is -4.46. The second-order valence-electron chi connectivity index (χ2n) is 4.81. The van der Waals surface area contributed by atoms with Gasteiger partial charge in [0.1, 0.15) is 11.4 Å². The van der Waals surface area contributed by atoms with Crippen LogP contribution in [-0.4, -0.2) is 18.0 Å². The quantitative estimate of drug-likeness (QED) is 0.720. The Hall–Kier alpha value is -2.96. The maximum atomic E-state index is 13.6. The molecule has 118 valence electrons. The molecule has 1 heterocycles. The van der Waals surface area contributed by atoms with E-state index >= 15 is 0 Å². The van der Waals surface area contributed by atoms with E-state index < -0.39 is 29.0 Å². The molecule has 0 aliphatic heterocycles. The number of carbonyl (C=O) groups is 1. The van der Waals surface area contributed by atoms with Gasteiger partial charge in [0, 0.05) is 10.9 Å². The number of hydrogen-bond donors (Lipinski definition) is 2. The molecule has 0 saturated heterocycles. The number of H-pyrrole nitrogens is 1. The third-order valence-corrected chi connectivity index (χ3v) is 3.36. The minimum absolute atomic E-state index is 0.150. The third kappa shape index (κ3) is 2.73. The first kappa shape index (κ1) is 15.0. The summed E-state index contributed by atoms with van der Waals surface area (Å²) in [6, 6.07) is 8.41. The van der Waals surface area contributed by atoms with Gasteiger partial charge < -0.3 is 15.0 Å². The topological polar surface area (TPSA) is 54.1 Å². The zero-order valence-electron chi connectivity index (χ0n) is 11.9. The molecule has 0 bridgehead atoms. The summed E-state index contributed by atoms with van der Waals surface area (Å²) in [6.07, 6.45) is 0. The van der Waals surface area contributed by atoms with Crippen molar-refractivity contribution in [3.63, 3.8) is 0 Å². The monoisotopic (exact) mass is 320 g/mol. The molecule has 2 aromatic carbocycles. The fourth-order valence-electron chi connectivity index (χ4n) is 2.17. The van der Waals surface area contributed by atoms with Crippen molar-refractivity contribution in [2.24, 2.45) is 0 Å². The zero-order valence-corrected chi connectivity index (χ0v) is 11.9. The van der Waals surface area contributed by atoms with Crippen molar-refractivity contribution in [3.8, 4) is 5.75 Å². The number of aromatic amines is 1. The van der Waals surface area contributed by atoms with E-state index in [9.17, 15) is 18.0 Å². The normalized spacial score (nSPS) is 10.8. The number of fused-ring (bicyclic) bond motifs is 1. The summed E-state index contributed by atoms with van der Waals surface area (Å²) in [7, 11) is 1.52. The van der Waals surface area contributed by atoms with Crippen molar-refractivity contribution in [2.45, 2.75) is 0 Å². The highest BCUT2D eigenvalue weighted by atomic mass is 19.2. The van der Waals surface area contributed by atoms with Crippen molar-refractivity contribution >= 4 is 22.5 Å². The van der Waals surface area contributed by atoms with Crippen LogP contribution in [0.1, 0.15) is 10.5 Å². The largest absolute Gasteiger partial charge is 0.497 e. The molecule has 7 heteroatoms. The first-order valence-electron chi connectivity index (χ1n) is 6.61. The predicted molar refractivity (Wildman–Crippen MR) is 79.1 cm³/mol. The number of halogens is 3. The Morgan fingerprint density at radius 3 is 2.61 bits per heavy atom. The molecule has 1 aromatic heterocycles. The summed E-state index contributed by atoms with van der Waals surface area (Å²) in [5.41, 5.74) is 0.393. The predicted octanol–water partition coefficient (Wildman–Crippen LogP) is 3.85. The molecule has 0 saturated carbocycles. The summed E-state index contributed by atoms with van der Waals surface area (Å²) in [4.78, 5) is 15.0. The Bertz CT molecular complexity index is 906. The number of rotatable bonds is 3. The lowest BCUT2D eigenvalue weighted by Crippen LogP contribution is -2.14. The molecule has 3 aromatic rings. The lowest BCUT2D eigenvalue weighted by atomic mass is 10.2. The minimum atomic E-state index is -1.64. The van der Waals surface area contributed by atoms with E-state index in [0.717, 1.165) is 17.5 Å². The van der Waals surface area contributed by atoms with Crippen LogP contribution in [0.15, 0.2) is 36.4 Å². The molecule has 0 aliphatic carbocycles. The highest BCUT2D eigenvalue weighted by Gasteiger charge is 2.17. The maximum absolute atomic E-state index is 13.6. The standard InChI is InChI=1S/C16H11F3N2O2/c1-23-9-2-4-11-8(6-9)7-13(20-11)16(22)21-12-5-3-10(17)14(18)15(12)19/h2-7,20H,1H3,(H,21,22).